The molecule has 31 heavy (non-hydrogen) atoms. The third kappa shape index (κ3) is 6.47. The molecule has 0 saturated carbocycles. The Balaban J connectivity index is 2.09. The molecule has 0 fully saturated rings. The molecule has 2 aromatic carbocycles. The zero-order valence-electron chi connectivity index (χ0n) is 18.4. The van der Waals surface area contributed by atoms with Crippen LogP contribution in [-0.2, 0) is 11.3 Å². The number of amides is 3. The second kappa shape index (κ2) is 11.0. The smallest absolute Gasteiger partial charge is 0.252 e. The molecule has 0 radical (unpaired) electrons. The normalized spacial score (nSPS) is 11.4. The Bertz CT molecular complexity index is 920. The Morgan fingerprint density at radius 2 is 1.55 bits per heavy atom. The van der Waals surface area contributed by atoms with Crippen LogP contribution >= 0.6 is 0 Å². The van der Waals surface area contributed by atoms with Crippen molar-refractivity contribution in [2.45, 2.75) is 26.4 Å². The summed E-state index contributed by atoms with van der Waals surface area (Å²) in [7, 11) is 4.56. The Labute approximate surface area is 182 Å². The summed E-state index contributed by atoms with van der Waals surface area (Å²) in [5.74, 6) is -0.115. The monoisotopic (exact) mass is 427 g/mol. The van der Waals surface area contributed by atoms with Gasteiger partial charge in [0.2, 0.25) is 5.91 Å². The van der Waals surface area contributed by atoms with Crippen LogP contribution in [0.15, 0.2) is 42.5 Å². The second-order valence-electron chi connectivity index (χ2n) is 7.29. The van der Waals surface area contributed by atoms with Gasteiger partial charge < -0.3 is 25.4 Å². The van der Waals surface area contributed by atoms with Gasteiger partial charge in [0.05, 0.1) is 14.2 Å². The summed E-state index contributed by atoms with van der Waals surface area (Å²) in [5, 5.41) is 8.18. The minimum atomic E-state index is -0.744. The van der Waals surface area contributed by atoms with E-state index in [2.05, 4.69) is 16.0 Å². The van der Waals surface area contributed by atoms with Crippen molar-refractivity contribution < 1.29 is 23.9 Å². The molecule has 2 rings (SSSR count). The zero-order valence-corrected chi connectivity index (χ0v) is 18.4. The number of hydrogen-bond acceptors (Lipinski definition) is 5. The first kappa shape index (κ1) is 23.7. The van der Waals surface area contributed by atoms with Gasteiger partial charge in [-0.3, -0.25) is 14.4 Å². The van der Waals surface area contributed by atoms with Crippen LogP contribution in [0.3, 0.4) is 0 Å². The first-order valence-electron chi connectivity index (χ1n) is 9.91. The van der Waals surface area contributed by atoms with E-state index in [1.807, 2.05) is 19.9 Å². The minimum Gasteiger partial charge on any atom is -0.497 e. The molecular weight excluding hydrogens is 398 g/mol. The molecule has 0 aliphatic carbocycles. The van der Waals surface area contributed by atoms with E-state index in [9.17, 15) is 14.4 Å². The largest absolute Gasteiger partial charge is 0.497 e. The van der Waals surface area contributed by atoms with Gasteiger partial charge in [-0.15, -0.1) is 0 Å². The molecule has 2 aromatic rings. The molecule has 8 nitrogen and oxygen atoms in total. The van der Waals surface area contributed by atoms with E-state index in [4.69, 9.17) is 9.47 Å². The maximum absolute atomic E-state index is 12.8. The minimum absolute atomic E-state index is 0.145. The van der Waals surface area contributed by atoms with Gasteiger partial charge in [-0.05, 0) is 35.7 Å². The van der Waals surface area contributed by atoms with Gasteiger partial charge >= 0.3 is 0 Å². The van der Waals surface area contributed by atoms with Crippen molar-refractivity contribution in [1.82, 2.24) is 16.0 Å². The molecule has 3 N–H and O–H groups in total. The zero-order chi connectivity index (χ0) is 23.0. The quantitative estimate of drug-likeness (QED) is 0.569. The molecule has 0 saturated heterocycles. The number of carbonyl (C=O) groups is 3. The summed E-state index contributed by atoms with van der Waals surface area (Å²) in [6.45, 7) is 3.93. The molecular formula is C23H29N3O5. The molecule has 166 valence electrons. The molecule has 0 bridgehead atoms. The summed E-state index contributed by atoms with van der Waals surface area (Å²) in [4.78, 5) is 37.4. The first-order chi connectivity index (χ1) is 14.8. The highest BCUT2D eigenvalue weighted by Gasteiger charge is 2.25. The lowest BCUT2D eigenvalue weighted by molar-refractivity contribution is -0.124. The first-order valence-corrected chi connectivity index (χ1v) is 9.91. The molecule has 1 unspecified atom stereocenters. The Kier molecular flexibility index (Phi) is 8.43. The van der Waals surface area contributed by atoms with E-state index in [0.29, 0.717) is 22.6 Å². The fourth-order valence-electron chi connectivity index (χ4n) is 2.96. The molecule has 1 atom stereocenters. The van der Waals surface area contributed by atoms with Crippen LogP contribution in [0.4, 0.5) is 0 Å². The van der Waals surface area contributed by atoms with Crippen LogP contribution in [0.2, 0.25) is 0 Å². The third-order valence-corrected chi connectivity index (χ3v) is 4.73. The molecule has 0 aliphatic heterocycles. The van der Waals surface area contributed by atoms with E-state index >= 15 is 0 Å². The topological polar surface area (TPSA) is 106 Å². The summed E-state index contributed by atoms with van der Waals surface area (Å²) in [5.41, 5.74) is 1.61. The van der Waals surface area contributed by atoms with Crippen LogP contribution < -0.4 is 25.4 Å². The van der Waals surface area contributed by atoms with Crippen LogP contribution in [0.1, 0.15) is 40.1 Å². The van der Waals surface area contributed by atoms with E-state index in [-0.39, 0.29) is 24.3 Å². The molecule has 8 heteroatoms. The Hall–Kier alpha value is -3.55. The summed E-state index contributed by atoms with van der Waals surface area (Å²) in [6.07, 6.45) is 0. The van der Waals surface area contributed by atoms with Crippen LogP contribution in [0.25, 0.3) is 0 Å². The van der Waals surface area contributed by atoms with Gasteiger partial charge in [0.15, 0.2) is 0 Å². The lowest BCUT2D eigenvalue weighted by atomic mass is 10.0. The highest BCUT2D eigenvalue weighted by Crippen LogP contribution is 2.22. The standard InChI is InChI=1S/C23H29N3O5/c1-14(2)20(26-22(28)17-10-18(30-4)12-19(11-17)31-5)23(29)25-13-15-7-6-8-16(9-15)21(27)24-3/h6-12,14,20H,13H2,1-5H3,(H,24,27)(H,25,29)(H,26,28). The molecule has 0 heterocycles. The predicted molar refractivity (Wildman–Crippen MR) is 117 cm³/mol. The second-order valence-corrected chi connectivity index (χ2v) is 7.29. The highest BCUT2D eigenvalue weighted by atomic mass is 16.5. The van der Waals surface area contributed by atoms with Gasteiger partial charge in [0.25, 0.3) is 11.8 Å². The molecule has 0 aliphatic rings. The van der Waals surface area contributed by atoms with Crippen molar-refractivity contribution >= 4 is 17.7 Å². The van der Waals surface area contributed by atoms with Crippen molar-refractivity contribution in [2.24, 2.45) is 5.92 Å². The summed E-state index contributed by atoms with van der Waals surface area (Å²) >= 11 is 0. The Morgan fingerprint density at radius 3 is 2.10 bits per heavy atom. The molecule has 0 aromatic heterocycles. The lowest BCUT2D eigenvalue weighted by Crippen LogP contribution is -2.49. The predicted octanol–water partition coefficient (Wildman–Crippen LogP) is 2.13. The van der Waals surface area contributed by atoms with Crippen LogP contribution in [0, 0.1) is 5.92 Å². The fourth-order valence-corrected chi connectivity index (χ4v) is 2.96. The van der Waals surface area contributed by atoms with E-state index in [1.165, 1.54) is 14.2 Å². The summed E-state index contributed by atoms with van der Waals surface area (Å²) in [6, 6.07) is 11.1. The van der Waals surface area contributed by atoms with Crippen LogP contribution in [-0.4, -0.2) is 45.0 Å². The number of nitrogens with one attached hydrogen (secondary N) is 3. The average Bonchev–Trinajstić information content (AvgIpc) is 2.79. The number of methoxy groups -OCH3 is 2. The lowest BCUT2D eigenvalue weighted by Gasteiger charge is -2.22. The van der Waals surface area contributed by atoms with Crippen molar-refractivity contribution in [3.05, 3.63) is 59.2 Å². The van der Waals surface area contributed by atoms with Gasteiger partial charge in [0.1, 0.15) is 17.5 Å². The number of hydrogen-bond donors (Lipinski definition) is 3. The van der Waals surface area contributed by atoms with Crippen molar-refractivity contribution in [1.29, 1.82) is 0 Å². The highest BCUT2D eigenvalue weighted by molar-refractivity contribution is 5.98. The van der Waals surface area contributed by atoms with E-state index in [1.54, 1.807) is 43.4 Å². The Morgan fingerprint density at radius 1 is 0.903 bits per heavy atom. The van der Waals surface area contributed by atoms with E-state index in [0.717, 1.165) is 5.56 Å². The number of rotatable bonds is 9. The molecule has 0 spiro atoms. The number of carbonyl (C=O) groups excluding carboxylic acids is 3. The van der Waals surface area contributed by atoms with Gasteiger partial charge in [-0.1, -0.05) is 26.0 Å². The number of ether oxygens (including phenoxy) is 2. The maximum Gasteiger partial charge on any atom is 0.252 e. The SMILES string of the molecule is CNC(=O)c1cccc(CNC(=O)C(NC(=O)c2cc(OC)cc(OC)c2)C(C)C)c1. The maximum atomic E-state index is 12.8. The average molecular weight is 428 g/mol. The number of benzene rings is 2. The summed E-state index contributed by atoms with van der Waals surface area (Å²) < 4.78 is 10.4. The van der Waals surface area contributed by atoms with Gasteiger partial charge in [-0.25, -0.2) is 0 Å². The van der Waals surface area contributed by atoms with Gasteiger partial charge in [-0.2, -0.15) is 0 Å². The third-order valence-electron chi connectivity index (χ3n) is 4.73. The van der Waals surface area contributed by atoms with Crippen molar-refractivity contribution in [3.8, 4) is 11.5 Å². The van der Waals surface area contributed by atoms with Gasteiger partial charge in [0, 0.05) is 30.8 Å². The van der Waals surface area contributed by atoms with Crippen molar-refractivity contribution in [2.75, 3.05) is 21.3 Å². The fraction of sp³-hybridized carbons (Fsp3) is 0.348. The van der Waals surface area contributed by atoms with Crippen LogP contribution in [0.5, 0.6) is 11.5 Å². The van der Waals surface area contributed by atoms with Crippen molar-refractivity contribution in [3.63, 3.8) is 0 Å². The van der Waals surface area contributed by atoms with E-state index < -0.39 is 11.9 Å². The molecule has 3 amide bonds.